The number of rotatable bonds is 6. The van der Waals surface area contributed by atoms with Gasteiger partial charge in [0.15, 0.2) is 123 Å². The highest BCUT2D eigenvalue weighted by atomic mass is 16.8. The first-order valence-electron chi connectivity index (χ1n) is 31.2. The van der Waals surface area contributed by atoms with E-state index in [0.717, 1.165) is 0 Å². The number of hydrogen-bond acceptors (Lipinski definition) is 44. The normalized spacial score (nSPS) is 21.3. The molecule has 0 spiro atoms. The van der Waals surface area contributed by atoms with E-state index in [2.05, 4.69) is 0 Å². The molecule has 584 valence electrons. The van der Waals surface area contributed by atoms with Crippen LogP contribution in [0.15, 0.2) is 54.6 Å². The first-order valence-corrected chi connectivity index (χ1v) is 31.2. The van der Waals surface area contributed by atoms with Crippen LogP contribution in [0.3, 0.4) is 0 Å². The third-order valence-corrected chi connectivity index (χ3v) is 17.9. The molecule has 0 aliphatic carbocycles. The fraction of sp³-hybridized carbons (Fsp3) is 0.176. The zero-order chi connectivity index (χ0) is 81.5. The molecule has 44 heteroatoms. The number of aliphatic hydroxyl groups is 2. The molecular formula is C68H48O44. The van der Waals surface area contributed by atoms with Gasteiger partial charge in [0.05, 0.1) is 38.9 Å². The molecule has 0 saturated carbocycles. The summed E-state index contributed by atoms with van der Waals surface area (Å²) in [7, 11) is 0. The highest BCUT2D eigenvalue weighted by Crippen LogP contribution is 2.58. The Morgan fingerprint density at radius 3 is 1.04 bits per heavy atom. The Morgan fingerprint density at radius 1 is 0.321 bits per heavy atom. The van der Waals surface area contributed by atoms with Crippen molar-refractivity contribution in [1.29, 1.82) is 0 Å². The summed E-state index contributed by atoms with van der Waals surface area (Å²) in [5.74, 6) is -52.0. The molecule has 0 amide bonds. The van der Waals surface area contributed by atoms with E-state index in [1.165, 1.54) is 0 Å². The molecule has 25 N–H and O–H groups in total. The largest absolute Gasteiger partial charge is 0.504 e. The first kappa shape index (κ1) is 74.8. The lowest BCUT2D eigenvalue weighted by Gasteiger charge is -2.44. The molecule has 2 saturated heterocycles. The second-order valence-corrected chi connectivity index (χ2v) is 24.6. The van der Waals surface area contributed by atoms with E-state index in [-0.39, 0.29) is 12.1 Å². The van der Waals surface area contributed by atoms with Crippen LogP contribution in [0.4, 0.5) is 0 Å². The minimum atomic E-state index is -2.98. The molecule has 8 aromatic carbocycles. The van der Waals surface area contributed by atoms with Gasteiger partial charge in [-0.25, -0.2) is 38.4 Å². The van der Waals surface area contributed by atoms with Gasteiger partial charge in [0, 0.05) is 39.4 Å². The second-order valence-electron chi connectivity index (χ2n) is 24.6. The zero-order valence-corrected chi connectivity index (χ0v) is 54.8. The number of aliphatic hydroxyl groups excluding tert-OH is 2. The Balaban J connectivity index is 0.871. The van der Waals surface area contributed by atoms with Gasteiger partial charge in [0.25, 0.3) is 0 Å². The molecule has 0 radical (unpaired) electrons. The Kier molecular flexibility index (Phi) is 18.1. The Bertz CT molecular complexity index is 5510. The van der Waals surface area contributed by atoms with Gasteiger partial charge in [-0.2, -0.15) is 0 Å². The van der Waals surface area contributed by atoms with Gasteiger partial charge in [-0.05, 0) is 48.5 Å². The minimum Gasteiger partial charge on any atom is -0.504 e. The van der Waals surface area contributed by atoms with Gasteiger partial charge in [0.2, 0.25) is 64.1 Å². The zero-order valence-electron chi connectivity index (χ0n) is 54.8. The molecule has 10 atom stereocenters. The predicted octanol–water partition coefficient (Wildman–Crippen LogP) is 1.75. The van der Waals surface area contributed by atoms with Crippen LogP contribution >= 0.6 is 0 Å². The topological polar surface area (TPSA) is 744 Å². The SMILES string of the molecule is O=C(OC1C(O)OC2COC(=O)c3cc(O)c(O)c(O)c3-c3c(cc(O)c(O)c3O)C(=O)OC2C1O)c1cc(O)c(O)c(Oc2c(C(=O)OC3OC4COC(=O)c5cc(O)c(O)c(O)c5-c5c(cc(O)c(O)c5O)C(=O)OC4C4OC(=O)c5cc(O)c(O)c(O)c5-c5c(cc(O)c(O)c5O)C(=O)OC34)cc(O)c(O)c2O)c1. The Morgan fingerprint density at radius 2 is 0.643 bits per heavy atom. The summed E-state index contributed by atoms with van der Waals surface area (Å²) in [5.41, 5.74) is -16.6. The van der Waals surface area contributed by atoms with Crippen LogP contribution in [0.2, 0.25) is 0 Å². The number of esters is 8. The summed E-state index contributed by atoms with van der Waals surface area (Å²) >= 11 is 0. The average molecular weight is 1570 g/mol. The van der Waals surface area contributed by atoms with Crippen molar-refractivity contribution in [1.82, 2.24) is 0 Å². The number of fused-ring (bicyclic) bond motifs is 13. The van der Waals surface area contributed by atoms with E-state index in [0.29, 0.717) is 42.5 Å². The monoisotopic (exact) mass is 1570 g/mol. The molecule has 5 aliphatic heterocycles. The summed E-state index contributed by atoms with van der Waals surface area (Å²) in [4.78, 5) is 116. The fourth-order valence-corrected chi connectivity index (χ4v) is 12.5. The van der Waals surface area contributed by atoms with Gasteiger partial charge in [0.1, 0.15) is 37.1 Å². The van der Waals surface area contributed by atoms with Crippen LogP contribution in [-0.2, 0) is 47.4 Å². The minimum absolute atomic E-state index is 0.181. The van der Waals surface area contributed by atoms with Crippen molar-refractivity contribution in [2.45, 2.75) is 61.4 Å². The van der Waals surface area contributed by atoms with Crippen LogP contribution in [0.25, 0.3) is 33.4 Å². The average Bonchev–Trinajstić information content (AvgIpc) is 1.24. The first-order chi connectivity index (χ1) is 52.7. The lowest BCUT2D eigenvalue weighted by Crippen LogP contribution is -2.63. The molecule has 0 bridgehead atoms. The van der Waals surface area contributed by atoms with Crippen LogP contribution < -0.4 is 4.74 Å². The number of ether oxygens (including phenoxy) is 11. The maximum atomic E-state index is 15.1. The number of aromatic hydroxyl groups is 23. The Hall–Kier alpha value is -15.4. The number of carbonyl (C=O) groups excluding carboxylic acids is 8. The van der Waals surface area contributed by atoms with E-state index in [1.807, 2.05) is 0 Å². The smallest absolute Gasteiger partial charge is 0.344 e. The van der Waals surface area contributed by atoms with Crippen LogP contribution in [-0.4, -0.2) is 250 Å². The van der Waals surface area contributed by atoms with Crippen LogP contribution in [0.1, 0.15) is 82.9 Å². The summed E-state index contributed by atoms with van der Waals surface area (Å²) in [6.45, 7) is -2.69. The number of cyclic esters (lactones) is 2. The van der Waals surface area contributed by atoms with Crippen molar-refractivity contribution in [2.24, 2.45) is 0 Å². The van der Waals surface area contributed by atoms with Crippen molar-refractivity contribution >= 4 is 47.8 Å². The lowest BCUT2D eigenvalue weighted by atomic mass is 9.91. The quantitative estimate of drug-likeness (QED) is 0.0640. The van der Waals surface area contributed by atoms with Gasteiger partial charge in [-0.1, -0.05) is 0 Å². The summed E-state index contributed by atoms with van der Waals surface area (Å²) in [6.07, 6.45) is -26.0. The van der Waals surface area contributed by atoms with E-state index < -0.39 is 344 Å². The highest BCUT2D eigenvalue weighted by Gasteiger charge is 2.57. The number of phenolic OH excluding ortho intramolecular Hbond substituents is 23. The van der Waals surface area contributed by atoms with E-state index in [4.69, 9.17) is 52.1 Å². The predicted molar refractivity (Wildman–Crippen MR) is 344 cm³/mol. The number of carbonyl (C=O) groups is 8. The molecule has 8 aromatic rings. The van der Waals surface area contributed by atoms with E-state index >= 15 is 4.79 Å². The maximum Gasteiger partial charge on any atom is 0.344 e. The number of phenols is 23. The molecule has 0 aromatic heterocycles. The standard InChI is InChI=1S/C68H48O44/c69-20-1-12(59(93)109-56-52(92)54-29(105-67(56)101)10-102-60(94)13-3-21(70)38(78)45(85)31(13)33-15(62(96)107-54)5-23(72)40(80)47(33)87)2-28(37(20)77)104-53-19(9-27(76)44(84)51(53)91)66(100)112-68-58-57(110-64(98)17-7-25(74)42(82)49(89)35(17)36-18(65(99)111-58)8-26(75)43(83)50(36)90)55-30(106-68)11-103-61(95)14-4-22(71)39(79)46(86)32(14)34-16(63(97)108-55)6-24(73)41(81)48(34)88/h1-9,29-30,52,54-58,67-92,101H,10-11H2. The molecule has 13 rings (SSSR count). The van der Waals surface area contributed by atoms with Crippen molar-refractivity contribution in [3.05, 3.63) is 99.1 Å². The van der Waals surface area contributed by atoms with E-state index in [9.17, 15) is 161 Å². The molecule has 5 heterocycles. The van der Waals surface area contributed by atoms with Gasteiger partial charge in [-0.3, -0.25) is 0 Å². The number of hydrogen-bond donors (Lipinski definition) is 25. The third kappa shape index (κ3) is 12.0. The maximum absolute atomic E-state index is 15.1. The highest BCUT2D eigenvalue weighted by molar-refractivity contribution is 6.12. The summed E-state index contributed by atoms with van der Waals surface area (Å²) in [6, 6.07) is 3.02. The molecule has 2 fully saturated rings. The summed E-state index contributed by atoms with van der Waals surface area (Å²) < 4.78 is 61.3. The summed E-state index contributed by atoms with van der Waals surface area (Å²) in [5, 5.41) is 274. The molecule has 10 unspecified atom stereocenters. The van der Waals surface area contributed by atoms with E-state index in [1.54, 1.807) is 0 Å². The lowest BCUT2D eigenvalue weighted by molar-refractivity contribution is -0.284. The molecule has 5 aliphatic rings. The van der Waals surface area contributed by atoms with Crippen molar-refractivity contribution in [3.63, 3.8) is 0 Å². The van der Waals surface area contributed by atoms with Gasteiger partial charge in [-0.15, -0.1) is 0 Å². The Labute approximate surface area is 614 Å². The molecule has 44 nitrogen and oxygen atoms in total. The molecule has 112 heavy (non-hydrogen) atoms. The third-order valence-electron chi connectivity index (χ3n) is 17.9. The van der Waals surface area contributed by atoms with Gasteiger partial charge < -0.3 is 180 Å². The van der Waals surface area contributed by atoms with Crippen molar-refractivity contribution < 1.29 is 218 Å². The van der Waals surface area contributed by atoms with Crippen LogP contribution in [0, 0.1) is 0 Å². The second kappa shape index (κ2) is 27.1. The molecular weight excluding hydrogens is 1520 g/mol. The number of benzene rings is 8. The van der Waals surface area contributed by atoms with Crippen LogP contribution in [0.5, 0.6) is 144 Å². The van der Waals surface area contributed by atoms with Gasteiger partial charge >= 0.3 is 47.8 Å². The van der Waals surface area contributed by atoms with Crippen molar-refractivity contribution in [2.75, 3.05) is 13.2 Å². The fourth-order valence-electron chi connectivity index (χ4n) is 12.5. The van der Waals surface area contributed by atoms with Crippen molar-refractivity contribution in [3.8, 4) is 177 Å².